The third-order valence-corrected chi connectivity index (χ3v) is 2.82. The normalized spacial score (nSPS) is 34.1. The van der Waals surface area contributed by atoms with Gasteiger partial charge in [-0.3, -0.25) is 20.4 Å². The lowest BCUT2D eigenvalue weighted by molar-refractivity contribution is -0.118. The van der Waals surface area contributed by atoms with Crippen LogP contribution in [0.2, 0.25) is 0 Å². The highest BCUT2D eigenvalue weighted by molar-refractivity contribution is 6.42. The number of Topliss-reactive ketones (excluding diaryl/α,β-unsaturated/α-hetero) is 1. The lowest BCUT2D eigenvalue weighted by Gasteiger charge is -2.31. The monoisotopic (exact) mass is 243 g/mol. The molecule has 8 nitrogen and oxygen atoms in total. The summed E-state index contributed by atoms with van der Waals surface area (Å²) in [6.07, 6.45) is -2.23. The Bertz CT molecular complexity index is 372. The van der Waals surface area contributed by atoms with Crippen molar-refractivity contribution in [1.82, 2.24) is 10.2 Å². The predicted molar refractivity (Wildman–Crippen MR) is 54.3 cm³/mol. The molecule has 0 spiro atoms. The van der Waals surface area contributed by atoms with E-state index in [0.29, 0.717) is 0 Å². The largest absolute Gasteiger partial charge is 0.394 e. The molecular formula is C9H13N3O5. The van der Waals surface area contributed by atoms with E-state index in [4.69, 9.17) is 15.3 Å². The second-order valence-corrected chi connectivity index (χ2v) is 3.97. The molecule has 94 valence electrons. The summed E-state index contributed by atoms with van der Waals surface area (Å²) in [6.45, 7) is -0.600. The number of carbonyl (C=O) groups excluding carboxylic acids is 2. The van der Waals surface area contributed by atoms with Crippen molar-refractivity contribution in [3.05, 3.63) is 0 Å². The second-order valence-electron chi connectivity index (χ2n) is 3.97. The van der Waals surface area contributed by atoms with Crippen molar-refractivity contribution in [1.29, 1.82) is 5.41 Å². The molecule has 4 N–H and O–H groups in total. The van der Waals surface area contributed by atoms with Crippen molar-refractivity contribution in [2.75, 3.05) is 13.2 Å². The van der Waals surface area contributed by atoms with Crippen LogP contribution in [0.1, 0.15) is 6.42 Å². The molecule has 2 aliphatic rings. The highest BCUT2D eigenvalue weighted by atomic mass is 16.5. The molecule has 0 unspecified atom stereocenters. The minimum Gasteiger partial charge on any atom is -0.394 e. The summed E-state index contributed by atoms with van der Waals surface area (Å²) < 4.78 is 5.26. The van der Waals surface area contributed by atoms with Crippen LogP contribution in [0, 0.1) is 5.41 Å². The van der Waals surface area contributed by atoms with Gasteiger partial charge in [-0.1, -0.05) is 0 Å². The number of nitrogens with one attached hydrogen (secondary N) is 2. The number of carbonyl (C=O) groups is 2. The average Bonchev–Trinajstić information content (AvgIpc) is 2.65. The van der Waals surface area contributed by atoms with Crippen molar-refractivity contribution in [3.63, 3.8) is 0 Å². The van der Waals surface area contributed by atoms with E-state index < -0.39 is 36.1 Å². The first-order valence-electron chi connectivity index (χ1n) is 5.16. The van der Waals surface area contributed by atoms with Crippen molar-refractivity contribution >= 4 is 17.6 Å². The van der Waals surface area contributed by atoms with Crippen LogP contribution < -0.4 is 5.32 Å². The third-order valence-electron chi connectivity index (χ3n) is 2.82. The predicted octanol–water partition coefficient (Wildman–Crippen LogP) is -1.97. The van der Waals surface area contributed by atoms with E-state index in [0.717, 1.165) is 4.90 Å². The van der Waals surface area contributed by atoms with E-state index in [-0.39, 0.29) is 19.6 Å². The van der Waals surface area contributed by atoms with Gasteiger partial charge in [0.25, 0.3) is 0 Å². The van der Waals surface area contributed by atoms with Crippen molar-refractivity contribution in [2.45, 2.75) is 24.9 Å². The number of ketones is 1. The number of hydrogen-bond acceptors (Lipinski definition) is 6. The number of aliphatic hydroxyl groups excluding tert-OH is 2. The number of urea groups is 1. The molecule has 2 heterocycles. The summed E-state index contributed by atoms with van der Waals surface area (Å²) in [5.74, 6) is -0.960. The standard InChI is InChI=1S/C9H13N3O5/c10-8-5(15)2-12(9(16)11-8)7-1-4(14)6(3-13)17-7/h4,6-7,13-14H,1-3H2,(H2,10,11,16)/t4-,6+,7+/m0/s1. The molecule has 0 aromatic heterocycles. The maximum absolute atomic E-state index is 11.5. The van der Waals surface area contributed by atoms with Gasteiger partial charge in [-0.05, 0) is 0 Å². The van der Waals surface area contributed by atoms with Crippen LogP contribution in [0.3, 0.4) is 0 Å². The summed E-state index contributed by atoms with van der Waals surface area (Å²) in [5.41, 5.74) is 0. The van der Waals surface area contributed by atoms with Crippen molar-refractivity contribution in [2.24, 2.45) is 0 Å². The molecule has 2 saturated heterocycles. The second kappa shape index (κ2) is 4.40. The number of aliphatic hydroxyl groups is 2. The molecule has 0 saturated carbocycles. The highest BCUT2D eigenvalue weighted by Crippen LogP contribution is 2.23. The van der Waals surface area contributed by atoms with Crippen LogP contribution in [-0.2, 0) is 9.53 Å². The average molecular weight is 243 g/mol. The van der Waals surface area contributed by atoms with Crippen molar-refractivity contribution in [3.8, 4) is 0 Å². The van der Waals surface area contributed by atoms with Crippen LogP contribution in [0.15, 0.2) is 0 Å². The Labute approximate surface area is 96.7 Å². The fraction of sp³-hybridized carbons (Fsp3) is 0.667. The highest BCUT2D eigenvalue weighted by Gasteiger charge is 2.41. The number of ether oxygens (including phenoxy) is 1. The van der Waals surface area contributed by atoms with Gasteiger partial charge in [0, 0.05) is 6.42 Å². The number of amidine groups is 1. The van der Waals surface area contributed by atoms with Crippen LogP contribution in [0.25, 0.3) is 0 Å². The van der Waals surface area contributed by atoms with Crippen LogP contribution >= 0.6 is 0 Å². The number of nitrogens with zero attached hydrogens (tertiary/aromatic N) is 1. The smallest absolute Gasteiger partial charge is 0.325 e. The molecule has 2 aliphatic heterocycles. The Morgan fingerprint density at radius 2 is 2.24 bits per heavy atom. The van der Waals surface area contributed by atoms with Gasteiger partial charge < -0.3 is 14.9 Å². The Balaban J connectivity index is 2.06. The Hall–Kier alpha value is -1.51. The van der Waals surface area contributed by atoms with E-state index >= 15 is 0 Å². The zero-order chi connectivity index (χ0) is 12.6. The van der Waals surface area contributed by atoms with Crippen LogP contribution in [0.5, 0.6) is 0 Å². The molecule has 0 aromatic rings. The molecule has 8 heteroatoms. The summed E-state index contributed by atoms with van der Waals surface area (Å²) in [6, 6.07) is -0.606. The summed E-state index contributed by atoms with van der Waals surface area (Å²) in [5, 5.41) is 27.7. The van der Waals surface area contributed by atoms with Gasteiger partial charge in [0.2, 0.25) is 5.78 Å². The molecule has 2 amide bonds. The quantitative estimate of drug-likeness (QED) is 0.448. The SMILES string of the molecule is N=C1NC(=O)N([C@H]2C[C@H](O)[C@@H](CO)O2)CC1=O. The number of amides is 2. The fourth-order valence-electron chi connectivity index (χ4n) is 1.86. The topological polar surface area (TPSA) is 123 Å². The molecule has 17 heavy (non-hydrogen) atoms. The van der Waals surface area contributed by atoms with E-state index in [9.17, 15) is 14.7 Å². The van der Waals surface area contributed by atoms with E-state index in [1.165, 1.54) is 0 Å². The lowest BCUT2D eigenvalue weighted by Crippen LogP contribution is -2.58. The molecule has 2 rings (SSSR count). The number of rotatable bonds is 2. The molecule has 3 atom stereocenters. The third kappa shape index (κ3) is 2.14. The minimum absolute atomic E-state index is 0.138. The van der Waals surface area contributed by atoms with E-state index in [1.807, 2.05) is 0 Å². The fourth-order valence-corrected chi connectivity index (χ4v) is 1.86. The van der Waals surface area contributed by atoms with E-state index in [2.05, 4.69) is 5.32 Å². The van der Waals surface area contributed by atoms with Gasteiger partial charge in [0.15, 0.2) is 5.84 Å². The first-order valence-corrected chi connectivity index (χ1v) is 5.16. The van der Waals surface area contributed by atoms with Crippen molar-refractivity contribution < 1.29 is 24.5 Å². The molecule has 2 fully saturated rings. The zero-order valence-electron chi connectivity index (χ0n) is 8.92. The Morgan fingerprint density at radius 1 is 1.53 bits per heavy atom. The number of hydrogen-bond donors (Lipinski definition) is 4. The summed E-state index contributed by atoms with van der Waals surface area (Å²) >= 11 is 0. The van der Waals surface area contributed by atoms with Gasteiger partial charge in [-0.15, -0.1) is 0 Å². The zero-order valence-corrected chi connectivity index (χ0v) is 8.92. The first-order chi connectivity index (χ1) is 8.02. The van der Waals surface area contributed by atoms with E-state index in [1.54, 1.807) is 0 Å². The maximum Gasteiger partial charge on any atom is 0.325 e. The van der Waals surface area contributed by atoms with Crippen LogP contribution in [-0.4, -0.2) is 64.4 Å². The maximum atomic E-state index is 11.5. The Kier molecular flexibility index (Phi) is 3.09. The van der Waals surface area contributed by atoms with Gasteiger partial charge in [0.1, 0.15) is 12.3 Å². The molecule has 0 bridgehead atoms. The van der Waals surface area contributed by atoms with Gasteiger partial charge in [-0.25, -0.2) is 4.79 Å². The minimum atomic E-state index is -0.866. The van der Waals surface area contributed by atoms with Crippen LogP contribution in [0.4, 0.5) is 4.79 Å². The molecule has 0 aliphatic carbocycles. The summed E-state index contributed by atoms with van der Waals surface area (Å²) in [4.78, 5) is 23.9. The van der Waals surface area contributed by atoms with Gasteiger partial charge >= 0.3 is 6.03 Å². The van der Waals surface area contributed by atoms with Gasteiger partial charge in [-0.2, -0.15) is 0 Å². The molecule has 0 aromatic carbocycles. The first kappa shape index (κ1) is 12.0. The molecular weight excluding hydrogens is 230 g/mol. The lowest BCUT2D eigenvalue weighted by atomic mass is 10.1. The van der Waals surface area contributed by atoms with Gasteiger partial charge in [0.05, 0.1) is 19.3 Å². The summed E-state index contributed by atoms with van der Waals surface area (Å²) in [7, 11) is 0. The molecule has 0 radical (unpaired) electrons. The Morgan fingerprint density at radius 3 is 2.82 bits per heavy atom.